The summed E-state index contributed by atoms with van der Waals surface area (Å²) >= 11 is 0. The van der Waals surface area contributed by atoms with Crippen LogP contribution >= 0.6 is 0 Å². The van der Waals surface area contributed by atoms with E-state index in [0.29, 0.717) is 18.9 Å². The number of aromatic nitrogens is 1. The third-order valence-corrected chi connectivity index (χ3v) is 6.09. The number of hydrogen-bond donors (Lipinski definition) is 2. The molecule has 0 radical (unpaired) electrons. The molecule has 0 atom stereocenters. The number of nitrogens with one attached hydrogen (secondary N) is 1. The van der Waals surface area contributed by atoms with Crippen LogP contribution in [0.2, 0.25) is 0 Å². The summed E-state index contributed by atoms with van der Waals surface area (Å²) in [4.78, 5) is 13.9. The van der Waals surface area contributed by atoms with Crippen molar-refractivity contribution in [3.8, 4) is 0 Å². The summed E-state index contributed by atoms with van der Waals surface area (Å²) in [5.74, 6) is -1.17. The zero-order valence-corrected chi connectivity index (χ0v) is 13.4. The Labute approximate surface area is 124 Å². The van der Waals surface area contributed by atoms with E-state index in [1.54, 1.807) is 20.8 Å². The number of H-pyrrole nitrogens is 1. The monoisotopic (exact) mass is 316 g/mol. The van der Waals surface area contributed by atoms with E-state index in [1.165, 1.54) is 11.2 Å². The van der Waals surface area contributed by atoms with Gasteiger partial charge in [0.1, 0.15) is 10.6 Å². The molecule has 1 aromatic rings. The minimum absolute atomic E-state index is 0.0508. The van der Waals surface area contributed by atoms with Crippen molar-refractivity contribution in [1.29, 1.82) is 0 Å². The first-order valence-corrected chi connectivity index (χ1v) is 8.06. The number of carboxylic acid groups (broad SMARTS) is 1. The molecule has 1 saturated heterocycles. The first-order chi connectivity index (χ1) is 9.59. The van der Waals surface area contributed by atoms with Crippen molar-refractivity contribution >= 4 is 16.0 Å². The molecule has 0 spiro atoms. The van der Waals surface area contributed by atoms with Crippen molar-refractivity contribution < 1.29 is 23.1 Å². The average Bonchev–Trinajstić information content (AvgIpc) is 2.64. The highest BCUT2D eigenvalue weighted by Crippen LogP contribution is 2.32. The lowest BCUT2D eigenvalue weighted by Crippen LogP contribution is -2.55. The summed E-state index contributed by atoms with van der Waals surface area (Å²) in [6.45, 7) is 7.55. The Morgan fingerprint density at radius 2 is 2.00 bits per heavy atom. The zero-order chi connectivity index (χ0) is 16.0. The quantitative estimate of drug-likeness (QED) is 0.871. The van der Waals surface area contributed by atoms with Gasteiger partial charge in [-0.15, -0.1) is 0 Å². The molecule has 0 aliphatic carbocycles. The minimum atomic E-state index is -3.78. The molecule has 0 saturated carbocycles. The zero-order valence-electron chi connectivity index (χ0n) is 12.6. The summed E-state index contributed by atoms with van der Waals surface area (Å²) in [6, 6.07) is 0. The van der Waals surface area contributed by atoms with E-state index in [9.17, 15) is 13.2 Å². The van der Waals surface area contributed by atoms with E-state index < -0.39 is 21.5 Å². The Morgan fingerprint density at radius 1 is 1.38 bits per heavy atom. The van der Waals surface area contributed by atoms with Crippen LogP contribution in [0.4, 0.5) is 0 Å². The van der Waals surface area contributed by atoms with E-state index >= 15 is 0 Å². The molecule has 21 heavy (non-hydrogen) atoms. The van der Waals surface area contributed by atoms with Crippen LogP contribution in [0.1, 0.15) is 35.6 Å². The topological polar surface area (TPSA) is 99.7 Å². The van der Waals surface area contributed by atoms with Gasteiger partial charge in [-0.2, -0.15) is 4.31 Å². The third kappa shape index (κ3) is 2.58. The minimum Gasteiger partial charge on any atom is -0.477 e. The number of morpholine rings is 1. The molecule has 0 amide bonds. The summed E-state index contributed by atoms with van der Waals surface area (Å²) in [5, 5.41) is 9.12. The third-order valence-electron chi connectivity index (χ3n) is 3.70. The number of aromatic carboxylic acids is 1. The number of hydrogen-bond acceptors (Lipinski definition) is 4. The highest BCUT2D eigenvalue weighted by atomic mass is 32.2. The maximum atomic E-state index is 12.9. The average molecular weight is 316 g/mol. The molecular weight excluding hydrogens is 296 g/mol. The van der Waals surface area contributed by atoms with Gasteiger partial charge in [0, 0.05) is 17.8 Å². The Kier molecular flexibility index (Phi) is 3.90. The number of sulfonamides is 1. The first kappa shape index (κ1) is 16.0. The highest BCUT2D eigenvalue weighted by molar-refractivity contribution is 7.89. The Morgan fingerprint density at radius 3 is 2.48 bits per heavy atom. The van der Waals surface area contributed by atoms with Gasteiger partial charge >= 0.3 is 5.97 Å². The fraction of sp³-hybridized carbons (Fsp3) is 0.615. The van der Waals surface area contributed by atoms with Crippen LogP contribution < -0.4 is 0 Å². The van der Waals surface area contributed by atoms with E-state index in [2.05, 4.69) is 4.98 Å². The molecule has 2 rings (SSSR count). The molecule has 0 aromatic carbocycles. The molecule has 1 aliphatic rings. The SMILES string of the molecule is Cc1[nH]c(C(=O)O)c(C)c1S(=O)(=O)N1CCOCC1(C)C. The molecule has 1 fully saturated rings. The van der Waals surface area contributed by atoms with Crippen molar-refractivity contribution in [2.75, 3.05) is 19.8 Å². The van der Waals surface area contributed by atoms with Crippen LogP contribution in [0.25, 0.3) is 0 Å². The fourth-order valence-electron chi connectivity index (χ4n) is 2.73. The lowest BCUT2D eigenvalue weighted by molar-refractivity contribution is -0.00773. The van der Waals surface area contributed by atoms with Crippen LogP contribution in [0.3, 0.4) is 0 Å². The predicted molar refractivity (Wildman–Crippen MR) is 76.0 cm³/mol. The van der Waals surface area contributed by atoms with Crippen LogP contribution in [-0.2, 0) is 14.8 Å². The second kappa shape index (κ2) is 5.11. The van der Waals surface area contributed by atoms with Crippen molar-refractivity contribution in [3.63, 3.8) is 0 Å². The summed E-state index contributed by atoms with van der Waals surface area (Å²) in [5.41, 5.74) is -0.178. The molecule has 7 nitrogen and oxygen atoms in total. The number of nitrogens with zero attached hydrogens (tertiary/aromatic N) is 1. The normalized spacial score (nSPS) is 19.6. The van der Waals surface area contributed by atoms with E-state index in [0.717, 1.165) is 0 Å². The Hall–Kier alpha value is -1.38. The van der Waals surface area contributed by atoms with Gasteiger partial charge in [0.25, 0.3) is 0 Å². The Balaban J connectivity index is 2.57. The molecule has 2 N–H and O–H groups in total. The van der Waals surface area contributed by atoms with Gasteiger partial charge in [-0.3, -0.25) is 0 Å². The van der Waals surface area contributed by atoms with Crippen LogP contribution in [-0.4, -0.2) is 54.1 Å². The van der Waals surface area contributed by atoms with E-state index in [1.807, 2.05) is 0 Å². The lowest BCUT2D eigenvalue weighted by atomic mass is 10.1. The van der Waals surface area contributed by atoms with Gasteiger partial charge < -0.3 is 14.8 Å². The van der Waals surface area contributed by atoms with Crippen molar-refractivity contribution in [2.45, 2.75) is 38.1 Å². The van der Waals surface area contributed by atoms with Gasteiger partial charge in [0.05, 0.1) is 18.8 Å². The molecular formula is C13H20N2O5S. The standard InChI is InChI=1S/C13H20N2O5S/c1-8-10(12(16)17)14-9(2)11(8)21(18,19)15-5-6-20-7-13(15,3)4/h14H,5-7H2,1-4H3,(H,16,17). The molecule has 0 bridgehead atoms. The molecule has 8 heteroatoms. The summed E-state index contributed by atoms with van der Waals surface area (Å²) < 4.78 is 32.6. The van der Waals surface area contributed by atoms with Gasteiger partial charge in [-0.05, 0) is 27.7 Å². The number of rotatable bonds is 3. The van der Waals surface area contributed by atoms with Crippen LogP contribution in [0, 0.1) is 13.8 Å². The van der Waals surface area contributed by atoms with Gasteiger partial charge in [0.2, 0.25) is 10.0 Å². The molecule has 118 valence electrons. The number of aryl methyl sites for hydroxylation is 1. The van der Waals surface area contributed by atoms with Crippen LogP contribution in [0.15, 0.2) is 4.90 Å². The maximum Gasteiger partial charge on any atom is 0.352 e. The fourth-order valence-corrected chi connectivity index (χ4v) is 4.90. The van der Waals surface area contributed by atoms with Gasteiger partial charge in [-0.25, -0.2) is 13.2 Å². The first-order valence-electron chi connectivity index (χ1n) is 6.62. The molecule has 2 heterocycles. The molecule has 1 aromatic heterocycles. The van der Waals surface area contributed by atoms with E-state index in [-0.39, 0.29) is 22.7 Å². The van der Waals surface area contributed by atoms with E-state index in [4.69, 9.17) is 9.84 Å². The lowest BCUT2D eigenvalue weighted by Gasteiger charge is -2.40. The molecule has 0 unspecified atom stereocenters. The molecule has 1 aliphatic heterocycles. The summed E-state index contributed by atoms with van der Waals surface area (Å²) in [7, 11) is -3.78. The second-order valence-corrected chi connectivity index (χ2v) is 7.63. The van der Waals surface area contributed by atoms with Crippen molar-refractivity contribution in [1.82, 2.24) is 9.29 Å². The van der Waals surface area contributed by atoms with Crippen molar-refractivity contribution in [2.24, 2.45) is 0 Å². The van der Waals surface area contributed by atoms with Gasteiger partial charge in [-0.1, -0.05) is 0 Å². The highest BCUT2D eigenvalue weighted by Gasteiger charge is 2.42. The maximum absolute atomic E-state index is 12.9. The second-order valence-electron chi connectivity index (χ2n) is 5.83. The van der Waals surface area contributed by atoms with Gasteiger partial charge in [0.15, 0.2) is 0 Å². The number of carbonyl (C=O) groups is 1. The predicted octanol–water partition coefficient (Wildman–Crippen LogP) is 1.13. The number of carboxylic acids is 1. The Bertz CT molecular complexity index is 675. The smallest absolute Gasteiger partial charge is 0.352 e. The summed E-state index contributed by atoms with van der Waals surface area (Å²) in [6.07, 6.45) is 0. The largest absolute Gasteiger partial charge is 0.477 e. The number of ether oxygens (including phenoxy) is 1. The van der Waals surface area contributed by atoms with Crippen molar-refractivity contribution in [3.05, 3.63) is 17.0 Å². The van der Waals surface area contributed by atoms with Crippen LogP contribution in [0.5, 0.6) is 0 Å². The number of aromatic amines is 1.